The van der Waals surface area contributed by atoms with Crippen LogP contribution in [-0.2, 0) is 0 Å². The third kappa shape index (κ3) is 3.66. The summed E-state index contributed by atoms with van der Waals surface area (Å²) in [5, 5.41) is 3.86. The Labute approximate surface area is 90.2 Å². The first kappa shape index (κ1) is 10.9. The van der Waals surface area contributed by atoms with Crippen molar-refractivity contribution in [2.75, 3.05) is 11.9 Å². The first-order valence-electron chi connectivity index (χ1n) is 4.47. The number of nitrogens with one attached hydrogen (secondary N) is 2. The monoisotopic (exact) mass is 207 g/mol. The summed E-state index contributed by atoms with van der Waals surface area (Å²) in [4.78, 5) is 3.05. The van der Waals surface area contributed by atoms with E-state index >= 15 is 0 Å². The number of benzene rings is 1. The van der Waals surface area contributed by atoms with E-state index in [4.69, 9.17) is 0 Å². The summed E-state index contributed by atoms with van der Waals surface area (Å²) < 4.78 is 0. The zero-order valence-corrected chi connectivity index (χ0v) is 9.14. The van der Waals surface area contributed by atoms with Crippen LogP contribution in [0.25, 0.3) is 0 Å². The number of rotatable bonds is 3. The van der Waals surface area contributed by atoms with Gasteiger partial charge in [-0.3, -0.25) is 4.99 Å². The minimum Gasteiger partial charge on any atom is -0.265 e. The highest BCUT2D eigenvalue weighted by molar-refractivity contribution is 7.96. The van der Waals surface area contributed by atoms with Crippen molar-refractivity contribution >= 4 is 23.5 Å². The molecule has 0 atom stereocenters. The Balaban J connectivity index is 2.60. The van der Waals surface area contributed by atoms with Crippen molar-refractivity contribution in [3.05, 3.63) is 42.5 Å². The van der Waals surface area contributed by atoms with E-state index in [1.54, 1.807) is 6.08 Å². The third-order valence-corrected chi connectivity index (χ3v) is 2.00. The van der Waals surface area contributed by atoms with Gasteiger partial charge in [-0.05, 0) is 19.1 Å². The van der Waals surface area contributed by atoms with Gasteiger partial charge in [0.05, 0.1) is 0 Å². The van der Waals surface area contributed by atoms with Gasteiger partial charge in [-0.1, -0.05) is 43.0 Å². The zero-order chi connectivity index (χ0) is 10.4. The van der Waals surface area contributed by atoms with E-state index in [0.717, 1.165) is 10.9 Å². The fourth-order valence-electron chi connectivity index (χ4n) is 0.987. The lowest BCUT2D eigenvalue weighted by Crippen LogP contribution is -2.73. The Kier molecular flexibility index (Phi) is 4.26. The molecule has 3 heteroatoms. The Morgan fingerprint density at radius 2 is 2.14 bits per heavy atom. The predicted molar refractivity (Wildman–Crippen MR) is 64.8 cm³/mol. The van der Waals surface area contributed by atoms with E-state index in [1.165, 1.54) is 5.56 Å². The van der Waals surface area contributed by atoms with E-state index in [9.17, 15) is 0 Å². The molecule has 0 aliphatic carbocycles. The molecule has 0 amide bonds. The van der Waals surface area contributed by atoms with E-state index < -0.39 is 0 Å². The predicted octanol–water partition coefficient (Wildman–Crippen LogP) is 0.959. The molecule has 0 bridgehead atoms. The maximum atomic E-state index is 4.25. The molecule has 2 N–H and O–H groups in total. The molecule has 2 nitrogen and oxygen atoms in total. The average molecular weight is 207 g/mol. The summed E-state index contributed by atoms with van der Waals surface area (Å²) in [6, 6.07) is 8.13. The molecule has 0 radical (unpaired) electrons. The molecule has 0 aromatic heterocycles. The summed E-state index contributed by atoms with van der Waals surface area (Å²) in [7, 11) is 0. The summed E-state index contributed by atoms with van der Waals surface area (Å²) in [6.45, 7) is 6.38. The largest absolute Gasteiger partial charge is 0.306 e. The second kappa shape index (κ2) is 5.50. The molecule has 74 valence electrons. The molecule has 1 aromatic carbocycles. The van der Waals surface area contributed by atoms with Gasteiger partial charge in [0.2, 0.25) is 0 Å². The maximum Gasteiger partial charge on any atom is 0.306 e. The van der Waals surface area contributed by atoms with Crippen LogP contribution in [0.1, 0.15) is 5.56 Å². The number of anilines is 1. The molecule has 14 heavy (non-hydrogen) atoms. The van der Waals surface area contributed by atoms with Crippen molar-refractivity contribution in [1.82, 2.24) is 0 Å². The molecule has 1 rings (SSSR count). The standard InChI is InChI=1S/C11H14N2S/c1-3-8-12-11(14)13-10-6-4-9(2)5-7-10/h3-7H,1,8H2,2H3,(H2,12,13,14)/p+1. The van der Waals surface area contributed by atoms with Gasteiger partial charge in [0.15, 0.2) is 0 Å². The van der Waals surface area contributed by atoms with Crippen LogP contribution in [0.2, 0.25) is 0 Å². The number of thiol groups is 1. The highest BCUT2D eigenvalue weighted by Crippen LogP contribution is 2.07. The molecular weight excluding hydrogens is 192 g/mol. The third-order valence-electron chi connectivity index (χ3n) is 1.73. The Morgan fingerprint density at radius 3 is 2.71 bits per heavy atom. The van der Waals surface area contributed by atoms with Crippen LogP contribution in [0.5, 0.6) is 0 Å². The van der Waals surface area contributed by atoms with E-state index in [1.807, 2.05) is 12.1 Å². The minimum atomic E-state index is 0.706. The van der Waals surface area contributed by atoms with Crippen LogP contribution >= 0.6 is 12.6 Å². The second-order valence-electron chi connectivity index (χ2n) is 3.01. The maximum absolute atomic E-state index is 4.25. The van der Waals surface area contributed by atoms with Crippen LogP contribution in [0, 0.1) is 6.92 Å². The van der Waals surface area contributed by atoms with E-state index in [2.05, 4.69) is 48.6 Å². The molecule has 0 saturated heterocycles. The topological polar surface area (TPSA) is 26.0 Å². The fourth-order valence-corrected chi connectivity index (χ4v) is 1.21. The van der Waals surface area contributed by atoms with Crippen molar-refractivity contribution in [2.45, 2.75) is 6.92 Å². The summed E-state index contributed by atoms with van der Waals surface area (Å²) in [5.74, 6) is 0. The fraction of sp³-hybridized carbons (Fsp3) is 0.182. The van der Waals surface area contributed by atoms with Crippen LogP contribution < -0.4 is 10.3 Å². The van der Waals surface area contributed by atoms with Gasteiger partial charge in [0.25, 0.3) is 0 Å². The van der Waals surface area contributed by atoms with Crippen LogP contribution in [-0.4, -0.2) is 11.7 Å². The van der Waals surface area contributed by atoms with Crippen molar-refractivity contribution < 1.29 is 4.99 Å². The second-order valence-corrected chi connectivity index (χ2v) is 3.46. The number of hydrogen-bond acceptors (Lipinski definition) is 0. The van der Waals surface area contributed by atoms with Gasteiger partial charge in [0.1, 0.15) is 12.2 Å². The molecule has 0 aliphatic heterocycles. The Hall–Kier alpha value is -1.22. The first-order chi connectivity index (χ1) is 6.72. The Morgan fingerprint density at radius 1 is 1.50 bits per heavy atom. The van der Waals surface area contributed by atoms with Crippen molar-refractivity contribution in [3.63, 3.8) is 0 Å². The van der Waals surface area contributed by atoms with Crippen molar-refractivity contribution in [2.24, 2.45) is 0 Å². The van der Waals surface area contributed by atoms with Gasteiger partial charge in [0, 0.05) is 0 Å². The number of amidine groups is 1. The SMILES string of the molecule is C=CC[NH+]=C(S)Nc1ccc(C)cc1. The Bertz CT molecular complexity index is 328. The molecule has 1 aromatic rings. The van der Waals surface area contributed by atoms with Gasteiger partial charge in [-0.2, -0.15) is 0 Å². The van der Waals surface area contributed by atoms with Crippen molar-refractivity contribution in [1.29, 1.82) is 0 Å². The number of aryl methyl sites for hydroxylation is 1. The molecule has 0 saturated carbocycles. The lowest BCUT2D eigenvalue weighted by molar-refractivity contribution is -0.441. The molecule has 0 aliphatic rings. The highest BCUT2D eigenvalue weighted by Gasteiger charge is 2.00. The van der Waals surface area contributed by atoms with Crippen LogP contribution in [0.15, 0.2) is 36.9 Å². The summed E-state index contributed by atoms with van der Waals surface area (Å²) >= 11 is 4.25. The minimum absolute atomic E-state index is 0.706. The molecule has 0 unspecified atom stereocenters. The smallest absolute Gasteiger partial charge is 0.265 e. The zero-order valence-electron chi connectivity index (χ0n) is 8.25. The van der Waals surface area contributed by atoms with Gasteiger partial charge in [-0.25, -0.2) is 5.32 Å². The van der Waals surface area contributed by atoms with Gasteiger partial charge < -0.3 is 0 Å². The normalized spacial score (nSPS) is 11.1. The molecule has 0 spiro atoms. The number of hydrogen-bond donors (Lipinski definition) is 3. The quantitative estimate of drug-likeness (QED) is 0.293. The van der Waals surface area contributed by atoms with E-state index in [-0.39, 0.29) is 0 Å². The highest BCUT2D eigenvalue weighted by atomic mass is 32.1. The van der Waals surface area contributed by atoms with Crippen LogP contribution in [0.3, 0.4) is 0 Å². The lowest BCUT2D eigenvalue weighted by atomic mass is 10.2. The summed E-state index contributed by atoms with van der Waals surface area (Å²) in [6.07, 6.45) is 1.78. The molecule has 0 fully saturated rings. The summed E-state index contributed by atoms with van der Waals surface area (Å²) in [5.41, 5.74) is 2.27. The van der Waals surface area contributed by atoms with Crippen molar-refractivity contribution in [3.8, 4) is 0 Å². The molecular formula is C11H15N2S+. The van der Waals surface area contributed by atoms with Crippen LogP contribution in [0.4, 0.5) is 5.69 Å². The average Bonchev–Trinajstić information content (AvgIpc) is 2.18. The van der Waals surface area contributed by atoms with Gasteiger partial charge in [-0.15, -0.1) is 0 Å². The molecule has 0 heterocycles. The van der Waals surface area contributed by atoms with Gasteiger partial charge >= 0.3 is 5.17 Å². The van der Waals surface area contributed by atoms with E-state index in [0.29, 0.717) is 6.54 Å². The first-order valence-corrected chi connectivity index (χ1v) is 4.91. The lowest BCUT2D eigenvalue weighted by Gasteiger charge is -1.97.